The lowest BCUT2D eigenvalue weighted by Gasteiger charge is -2.26. The summed E-state index contributed by atoms with van der Waals surface area (Å²) in [4.78, 5) is 0. The average Bonchev–Trinajstić information content (AvgIpc) is 2.75. The fourth-order valence-electron chi connectivity index (χ4n) is 3.92. The Bertz CT molecular complexity index is 830. The molecule has 0 atom stereocenters. The van der Waals surface area contributed by atoms with E-state index < -0.39 is 0 Å². The van der Waals surface area contributed by atoms with Gasteiger partial charge in [-0.1, -0.05) is 66.7 Å². The first kappa shape index (κ1) is 17.8. The minimum atomic E-state index is 0.425. The second-order valence-electron chi connectivity index (χ2n) is 7.68. The van der Waals surface area contributed by atoms with Crippen molar-refractivity contribution in [3.05, 3.63) is 78.9 Å². The van der Waals surface area contributed by atoms with E-state index in [1.165, 1.54) is 53.6 Å². The molecule has 0 unspecified atom stereocenters. The Morgan fingerprint density at radius 3 is 1.67 bits per heavy atom. The van der Waals surface area contributed by atoms with Gasteiger partial charge in [-0.25, -0.2) is 0 Å². The molecule has 0 aliphatic heterocycles. The minimum absolute atomic E-state index is 0.425. The summed E-state index contributed by atoms with van der Waals surface area (Å²) >= 11 is 0. The molecule has 1 aliphatic rings. The summed E-state index contributed by atoms with van der Waals surface area (Å²) in [6.07, 6.45) is 4.84. The highest BCUT2D eigenvalue weighted by molar-refractivity contribution is 5.71. The van der Waals surface area contributed by atoms with Gasteiger partial charge in [0.15, 0.2) is 0 Å². The van der Waals surface area contributed by atoms with Gasteiger partial charge in [0.05, 0.1) is 0 Å². The van der Waals surface area contributed by atoms with Crippen LogP contribution in [0.15, 0.2) is 78.9 Å². The summed E-state index contributed by atoms with van der Waals surface area (Å²) in [7, 11) is 0. The van der Waals surface area contributed by atoms with Crippen LogP contribution in [0.4, 0.5) is 5.69 Å². The number of anilines is 1. The Morgan fingerprint density at radius 1 is 0.630 bits per heavy atom. The molecule has 0 aromatic heterocycles. The lowest BCUT2D eigenvalue weighted by atomic mass is 9.86. The van der Waals surface area contributed by atoms with E-state index in [1.807, 2.05) is 0 Å². The van der Waals surface area contributed by atoms with E-state index in [1.54, 1.807) is 0 Å². The monoisotopic (exact) mass is 356 g/mol. The minimum Gasteiger partial charge on any atom is -0.385 e. The number of hydrogen-bond acceptors (Lipinski definition) is 2. The molecular formula is C25H28N2. The van der Waals surface area contributed by atoms with Crippen LogP contribution >= 0.6 is 0 Å². The Kier molecular flexibility index (Phi) is 5.55. The molecule has 0 saturated heterocycles. The predicted octanol–water partition coefficient (Wildman–Crippen LogP) is 5.95. The third-order valence-electron chi connectivity index (χ3n) is 5.70. The number of hydrogen-bond donors (Lipinski definition) is 2. The molecular weight excluding hydrogens is 328 g/mol. The number of rotatable bonds is 5. The van der Waals surface area contributed by atoms with Gasteiger partial charge in [0.2, 0.25) is 0 Å². The van der Waals surface area contributed by atoms with Crippen LogP contribution in [-0.4, -0.2) is 12.6 Å². The summed E-state index contributed by atoms with van der Waals surface area (Å²) in [5.74, 6) is 0.759. The van der Waals surface area contributed by atoms with E-state index in [0.717, 1.165) is 12.5 Å². The van der Waals surface area contributed by atoms with Gasteiger partial charge in [0.25, 0.3) is 0 Å². The first-order chi connectivity index (χ1) is 13.3. The molecule has 2 heteroatoms. The third-order valence-corrected chi connectivity index (χ3v) is 5.70. The highest BCUT2D eigenvalue weighted by Crippen LogP contribution is 2.27. The summed E-state index contributed by atoms with van der Waals surface area (Å²) in [5, 5.41) is 3.60. The predicted molar refractivity (Wildman–Crippen MR) is 116 cm³/mol. The normalized spacial score (nSPS) is 19.6. The second-order valence-corrected chi connectivity index (χ2v) is 7.68. The van der Waals surface area contributed by atoms with E-state index >= 15 is 0 Å². The maximum atomic E-state index is 6.00. The SMILES string of the molecule is N[C@H]1CC[C@H](CNc2ccc(-c3ccc(-c4ccccc4)cc3)cc2)CC1. The third kappa shape index (κ3) is 4.58. The lowest BCUT2D eigenvalue weighted by Crippen LogP contribution is -2.29. The van der Waals surface area contributed by atoms with Gasteiger partial charge in [-0.3, -0.25) is 0 Å². The molecule has 3 aromatic carbocycles. The quantitative estimate of drug-likeness (QED) is 0.593. The molecule has 138 valence electrons. The highest BCUT2D eigenvalue weighted by Gasteiger charge is 2.17. The molecule has 1 aliphatic carbocycles. The molecule has 2 nitrogen and oxygen atoms in total. The second kappa shape index (κ2) is 8.41. The van der Waals surface area contributed by atoms with Gasteiger partial charge in [-0.15, -0.1) is 0 Å². The van der Waals surface area contributed by atoms with Gasteiger partial charge >= 0.3 is 0 Å². The maximum Gasteiger partial charge on any atom is 0.0340 e. The zero-order chi connectivity index (χ0) is 18.5. The van der Waals surface area contributed by atoms with Crippen molar-refractivity contribution >= 4 is 5.69 Å². The Morgan fingerprint density at radius 2 is 1.11 bits per heavy atom. The molecule has 0 bridgehead atoms. The lowest BCUT2D eigenvalue weighted by molar-refractivity contribution is 0.339. The van der Waals surface area contributed by atoms with Gasteiger partial charge in [-0.2, -0.15) is 0 Å². The molecule has 1 saturated carbocycles. The van der Waals surface area contributed by atoms with Crippen LogP contribution in [0, 0.1) is 5.92 Å². The Labute approximate surface area is 162 Å². The summed E-state index contributed by atoms with van der Waals surface area (Å²) < 4.78 is 0. The van der Waals surface area contributed by atoms with Crippen molar-refractivity contribution in [2.45, 2.75) is 31.7 Å². The van der Waals surface area contributed by atoms with Crippen LogP contribution in [-0.2, 0) is 0 Å². The van der Waals surface area contributed by atoms with Gasteiger partial charge < -0.3 is 11.1 Å². The van der Waals surface area contributed by atoms with Crippen molar-refractivity contribution in [3.63, 3.8) is 0 Å². The Balaban J connectivity index is 1.37. The smallest absolute Gasteiger partial charge is 0.0340 e. The van der Waals surface area contributed by atoms with Crippen LogP contribution < -0.4 is 11.1 Å². The molecule has 0 heterocycles. The van der Waals surface area contributed by atoms with Crippen LogP contribution in [0.1, 0.15) is 25.7 Å². The van der Waals surface area contributed by atoms with Crippen molar-refractivity contribution in [1.82, 2.24) is 0 Å². The summed E-state index contributed by atoms with van der Waals surface area (Å²) in [5.41, 5.74) is 12.2. The first-order valence-electron chi connectivity index (χ1n) is 10.0. The average molecular weight is 357 g/mol. The van der Waals surface area contributed by atoms with Crippen molar-refractivity contribution in [3.8, 4) is 22.3 Å². The summed E-state index contributed by atoms with van der Waals surface area (Å²) in [6.45, 7) is 1.05. The van der Waals surface area contributed by atoms with E-state index in [0.29, 0.717) is 6.04 Å². The zero-order valence-electron chi connectivity index (χ0n) is 15.8. The van der Waals surface area contributed by atoms with Crippen LogP contribution in [0.25, 0.3) is 22.3 Å². The molecule has 4 rings (SSSR count). The topological polar surface area (TPSA) is 38.0 Å². The number of nitrogens with one attached hydrogen (secondary N) is 1. The molecule has 1 fully saturated rings. The van der Waals surface area contributed by atoms with Crippen LogP contribution in [0.5, 0.6) is 0 Å². The Hall–Kier alpha value is -2.58. The van der Waals surface area contributed by atoms with Crippen molar-refractivity contribution in [2.24, 2.45) is 11.7 Å². The molecule has 0 radical (unpaired) electrons. The molecule has 3 N–H and O–H groups in total. The van der Waals surface area contributed by atoms with E-state index in [-0.39, 0.29) is 0 Å². The standard InChI is InChI=1S/C25H28N2/c26-24-14-6-19(7-15-24)18-27-25-16-12-23(13-17-25)22-10-8-21(9-11-22)20-4-2-1-3-5-20/h1-5,8-13,16-17,19,24,27H,6-7,14-15,18,26H2/t19-,24-. The van der Waals surface area contributed by atoms with E-state index in [4.69, 9.17) is 5.73 Å². The van der Waals surface area contributed by atoms with E-state index in [9.17, 15) is 0 Å². The fourth-order valence-corrected chi connectivity index (χ4v) is 3.92. The fraction of sp³-hybridized carbons (Fsp3) is 0.280. The number of benzene rings is 3. The van der Waals surface area contributed by atoms with Crippen molar-refractivity contribution in [1.29, 1.82) is 0 Å². The highest BCUT2D eigenvalue weighted by atomic mass is 14.9. The molecule has 3 aromatic rings. The van der Waals surface area contributed by atoms with E-state index in [2.05, 4.69) is 84.2 Å². The number of nitrogens with two attached hydrogens (primary N) is 1. The molecule has 27 heavy (non-hydrogen) atoms. The molecule has 0 spiro atoms. The van der Waals surface area contributed by atoms with Gasteiger partial charge in [0, 0.05) is 18.3 Å². The zero-order valence-corrected chi connectivity index (χ0v) is 15.8. The maximum absolute atomic E-state index is 6.00. The van der Waals surface area contributed by atoms with Crippen LogP contribution in [0.3, 0.4) is 0 Å². The first-order valence-corrected chi connectivity index (χ1v) is 10.0. The van der Waals surface area contributed by atoms with Crippen molar-refractivity contribution < 1.29 is 0 Å². The van der Waals surface area contributed by atoms with Crippen molar-refractivity contribution in [2.75, 3.05) is 11.9 Å². The summed E-state index contributed by atoms with van der Waals surface area (Å²) in [6, 6.07) is 28.5. The van der Waals surface area contributed by atoms with Gasteiger partial charge in [-0.05, 0) is 66.0 Å². The van der Waals surface area contributed by atoms with Crippen LogP contribution in [0.2, 0.25) is 0 Å². The largest absolute Gasteiger partial charge is 0.385 e. The molecule has 0 amide bonds. The van der Waals surface area contributed by atoms with Gasteiger partial charge in [0.1, 0.15) is 0 Å².